The topological polar surface area (TPSA) is 75.7 Å². The fraction of sp³-hybridized carbons (Fsp3) is 0.350. The summed E-state index contributed by atoms with van der Waals surface area (Å²) in [5.74, 6) is 0.517. The van der Waals surface area contributed by atoms with Crippen molar-refractivity contribution >= 4 is 15.9 Å². The van der Waals surface area contributed by atoms with Crippen molar-refractivity contribution < 1.29 is 17.9 Å². The van der Waals surface area contributed by atoms with Crippen LogP contribution in [0.5, 0.6) is 5.75 Å². The largest absolute Gasteiger partial charge is 0.491 e. The fourth-order valence-corrected chi connectivity index (χ4v) is 3.36. The van der Waals surface area contributed by atoms with E-state index in [1.807, 2.05) is 45.0 Å². The number of ether oxygens (including phenoxy) is 1. The second kappa shape index (κ2) is 8.54. The van der Waals surface area contributed by atoms with Gasteiger partial charge in [-0.05, 0) is 62.7 Å². The molecule has 0 fully saturated rings. The lowest BCUT2D eigenvalue weighted by atomic mass is 10.1. The van der Waals surface area contributed by atoms with Gasteiger partial charge in [0, 0.05) is 19.7 Å². The van der Waals surface area contributed by atoms with Gasteiger partial charge >= 0.3 is 0 Å². The van der Waals surface area contributed by atoms with Crippen LogP contribution >= 0.6 is 0 Å². The highest BCUT2D eigenvalue weighted by Gasteiger charge is 2.18. The highest BCUT2D eigenvalue weighted by atomic mass is 32.2. The maximum absolute atomic E-state index is 12.4. The molecule has 2 aromatic rings. The van der Waals surface area contributed by atoms with Crippen LogP contribution in [0.4, 0.5) is 0 Å². The number of nitrogens with zero attached hydrogens (tertiary/aromatic N) is 1. The van der Waals surface area contributed by atoms with Gasteiger partial charge in [0.2, 0.25) is 10.0 Å². The molecule has 1 unspecified atom stereocenters. The van der Waals surface area contributed by atoms with E-state index < -0.39 is 10.0 Å². The van der Waals surface area contributed by atoms with Crippen LogP contribution in [0.25, 0.3) is 0 Å². The lowest BCUT2D eigenvalue weighted by molar-refractivity contribution is 0.0940. The number of sulfonamides is 1. The number of carbonyl (C=O) groups excluding carboxylic acids is 1. The van der Waals surface area contributed by atoms with Crippen molar-refractivity contribution in [2.75, 3.05) is 14.1 Å². The van der Waals surface area contributed by atoms with Gasteiger partial charge in [-0.2, -0.15) is 0 Å². The second-order valence-corrected chi connectivity index (χ2v) is 8.89. The molecule has 1 amide bonds. The molecule has 0 heterocycles. The van der Waals surface area contributed by atoms with Crippen molar-refractivity contribution in [2.24, 2.45) is 0 Å². The molecule has 7 heteroatoms. The Morgan fingerprint density at radius 2 is 1.52 bits per heavy atom. The molecule has 0 radical (unpaired) electrons. The van der Waals surface area contributed by atoms with Crippen LogP contribution < -0.4 is 10.1 Å². The number of amides is 1. The number of benzene rings is 2. The monoisotopic (exact) mass is 390 g/mol. The molecule has 0 aliphatic carbocycles. The van der Waals surface area contributed by atoms with Crippen LogP contribution in [-0.2, 0) is 10.0 Å². The summed E-state index contributed by atoms with van der Waals surface area (Å²) in [6.07, 6.45) is 0.104. The Morgan fingerprint density at radius 3 is 2.00 bits per heavy atom. The molecule has 1 N–H and O–H groups in total. The maximum Gasteiger partial charge on any atom is 0.251 e. The van der Waals surface area contributed by atoms with Crippen molar-refractivity contribution in [1.82, 2.24) is 9.62 Å². The van der Waals surface area contributed by atoms with E-state index in [0.717, 1.165) is 15.6 Å². The average molecular weight is 391 g/mol. The lowest BCUT2D eigenvalue weighted by Gasteiger charge is -2.16. The molecule has 2 rings (SSSR count). The van der Waals surface area contributed by atoms with Crippen LogP contribution in [-0.4, -0.2) is 38.8 Å². The minimum absolute atomic E-state index is 0.104. The zero-order valence-electron chi connectivity index (χ0n) is 16.3. The van der Waals surface area contributed by atoms with Gasteiger partial charge in [0.1, 0.15) is 5.75 Å². The first-order chi connectivity index (χ1) is 12.6. The first-order valence-electron chi connectivity index (χ1n) is 8.71. The molecule has 0 bridgehead atoms. The Hall–Kier alpha value is -2.38. The van der Waals surface area contributed by atoms with E-state index in [1.165, 1.54) is 38.4 Å². The number of hydrogen-bond acceptors (Lipinski definition) is 4. The van der Waals surface area contributed by atoms with Gasteiger partial charge in [-0.15, -0.1) is 0 Å². The van der Waals surface area contributed by atoms with Gasteiger partial charge in [-0.1, -0.05) is 12.1 Å². The third-order valence-electron chi connectivity index (χ3n) is 3.99. The molecule has 0 aromatic heterocycles. The van der Waals surface area contributed by atoms with E-state index in [9.17, 15) is 13.2 Å². The van der Waals surface area contributed by atoms with Gasteiger partial charge in [0.25, 0.3) is 5.91 Å². The molecule has 0 saturated carbocycles. The minimum Gasteiger partial charge on any atom is -0.491 e. The number of rotatable bonds is 7. The molecule has 146 valence electrons. The van der Waals surface area contributed by atoms with Gasteiger partial charge < -0.3 is 10.1 Å². The summed E-state index contributed by atoms with van der Waals surface area (Å²) < 4.78 is 30.9. The summed E-state index contributed by atoms with van der Waals surface area (Å²) in [6, 6.07) is 13.3. The van der Waals surface area contributed by atoms with Crippen molar-refractivity contribution in [2.45, 2.75) is 37.8 Å². The predicted molar refractivity (Wildman–Crippen MR) is 105 cm³/mol. The van der Waals surface area contributed by atoms with Gasteiger partial charge in [0.05, 0.1) is 17.0 Å². The highest BCUT2D eigenvalue weighted by molar-refractivity contribution is 7.89. The summed E-state index contributed by atoms with van der Waals surface area (Å²) in [5, 5.41) is 2.91. The van der Waals surface area contributed by atoms with E-state index in [2.05, 4.69) is 5.32 Å². The number of carbonyl (C=O) groups is 1. The summed E-state index contributed by atoms with van der Waals surface area (Å²) in [6.45, 7) is 5.82. The van der Waals surface area contributed by atoms with Crippen LogP contribution in [0, 0.1) is 0 Å². The maximum atomic E-state index is 12.4. The Labute approximate surface area is 161 Å². The van der Waals surface area contributed by atoms with Crippen LogP contribution in [0.3, 0.4) is 0 Å². The Kier molecular flexibility index (Phi) is 6.62. The normalized spacial score (nSPS) is 12.9. The van der Waals surface area contributed by atoms with Crippen molar-refractivity contribution in [3.05, 3.63) is 59.7 Å². The lowest BCUT2D eigenvalue weighted by Crippen LogP contribution is -2.27. The smallest absolute Gasteiger partial charge is 0.251 e. The first kappa shape index (κ1) is 20.9. The van der Waals surface area contributed by atoms with Gasteiger partial charge in [-0.25, -0.2) is 12.7 Å². The van der Waals surface area contributed by atoms with E-state index in [1.54, 1.807) is 0 Å². The first-order valence-corrected chi connectivity index (χ1v) is 10.2. The Morgan fingerprint density at radius 1 is 0.963 bits per heavy atom. The van der Waals surface area contributed by atoms with Crippen LogP contribution in [0.1, 0.15) is 42.7 Å². The molecule has 27 heavy (non-hydrogen) atoms. The molecule has 1 atom stereocenters. The summed E-state index contributed by atoms with van der Waals surface area (Å²) in [4.78, 5) is 12.6. The standard InChI is InChI=1S/C20H26N2O4S/c1-14(2)26-18-10-6-16(7-11-18)15(3)21-20(23)17-8-12-19(13-9-17)27(24,25)22(4)5/h6-15H,1-5H3,(H,21,23). The van der Waals surface area contributed by atoms with E-state index in [4.69, 9.17) is 4.74 Å². The van der Waals surface area contributed by atoms with E-state index >= 15 is 0 Å². The Balaban J connectivity index is 2.06. The fourth-order valence-electron chi connectivity index (χ4n) is 2.46. The number of nitrogens with one attached hydrogen (secondary N) is 1. The predicted octanol–water partition coefficient (Wildman–Crippen LogP) is 3.22. The third kappa shape index (κ3) is 5.30. The van der Waals surface area contributed by atoms with Gasteiger partial charge in [-0.3, -0.25) is 4.79 Å². The van der Waals surface area contributed by atoms with E-state index in [0.29, 0.717) is 5.56 Å². The minimum atomic E-state index is -3.51. The van der Waals surface area contributed by atoms with E-state index in [-0.39, 0.29) is 22.9 Å². The molecule has 6 nitrogen and oxygen atoms in total. The molecule has 0 aliphatic heterocycles. The summed E-state index contributed by atoms with van der Waals surface area (Å²) in [5.41, 5.74) is 1.35. The molecule has 0 saturated heterocycles. The quantitative estimate of drug-likeness (QED) is 0.788. The third-order valence-corrected chi connectivity index (χ3v) is 5.82. The molecule has 0 spiro atoms. The SMILES string of the molecule is CC(C)Oc1ccc(C(C)NC(=O)c2ccc(S(=O)(=O)N(C)C)cc2)cc1. The van der Waals surface area contributed by atoms with Crippen LogP contribution in [0.15, 0.2) is 53.4 Å². The Bertz CT molecular complexity index is 873. The van der Waals surface area contributed by atoms with Crippen molar-refractivity contribution in [3.63, 3.8) is 0 Å². The number of hydrogen-bond donors (Lipinski definition) is 1. The average Bonchev–Trinajstić information content (AvgIpc) is 2.61. The molecule has 2 aromatic carbocycles. The second-order valence-electron chi connectivity index (χ2n) is 6.74. The molecule has 0 aliphatic rings. The molecular weight excluding hydrogens is 364 g/mol. The van der Waals surface area contributed by atoms with Crippen molar-refractivity contribution in [3.8, 4) is 5.75 Å². The summed E-state index contributed by atoms with van der Waals surface area (Å²) >= 11 is 0. The zero-order valence-corrected chi connectivity index (χ0v) is 17.1. The van der Waals surface area contributed by atoms with Crippen molar-refractivity contribution in [1.29, 1.82) is 0 Å². The zero-order chi connectivity index (χ0) is 20.2. The molecular formula is C20H26N2O4S. The van der Waals surface area contributed by atoms with Gasteiger partial charge in [0.15, 0.2) is 0 Å². The summed E-state index contributed by atoms with van der Waals surface area (Å²) in [7, 11) is -0.574. The highest BCUT2D eigenvalue weighted by Crippen LogP contribution is 2.19. The van der Waals surface area contributed by atoms with Crippen LogP contribution in [0.2, 0.25) is 0 Å².